The van der Waals surface area contributed by atoms with Gasteiger partial charge in [-0.05, 0) is 38.1 Å². The normalized spacial score (nSPS) is 18.0. The number of nitrogens with one attached hydrogen (secondary N) is 1. The van der Waals surface area contributed by atoms with Crippen LogP contribution in [0.25, 0.3) is 10.2 Å². The fraction of sp³-hybridized carbons (Fsp3) is 0.625. The molecule has 21 heavy (non-hydrogen) atoms. The first-order valence-electron chi connectivity index (χ1n) is 7.92. The van der Waals surface area contributed by atoms with Crippen molar-refractivity contribution in [1.82, 2.24) is 9.97 Å². The molecule has 1 N–H and O–H groups in total. The van der Waals surface area contributed by atoms with Gasteiger partial charge in [-0.1, -0.05) is 19.3 Å². The Morgan fingerprint density at radius 1 is 1.24 bits per heavy atom. The molecule has 0 aliphatic heterocycles. The summed E-state index contributed by atoms with van der Waals surface area (Å²) in [7, 11) is 0. The second kappa shape index (κ2) is 6.28. The van der Waals surface area contributed by atoms with Crippen LogP contribution in [0.4, 0.5) is 5.82 Å². The first-order chi connectivity index (χ1) is 10.3. The van der Waals surface area contributed by atoms with Gasteiger partial charge in [-0.3, -0.25) is 0 Å². The lowest BCUT2D eigenvalue weighted by molar-refractivity contribution is -0.0763. The second-order valence-electron chi connectivity index (χ2n) is 5.55. The highest BCUT2D eigenvalue weighted by molar-refractivity contribution is 7.16. The van der Waals surface area contributed by atoms with Crippen LogP contribution in [-0.4, -0.2) is 23.1 Å². The third-order valence-corrected chi connectivity index (χ3v) is 4.97. The van der Waals surface area contributed by atoms with Crippen molar-refractivity contribution in [3.05, 3.63) is 17.3 Å². The molecule has 1 fully saturated rings. The van der Waals surface area contributed by atoms with E-state index in [2.05, 4.69) is 30.6 Å². The molecule has 0 saturated heterocycles. The lowest BCUT2D eigenvalue weighted by atomic mass is 9.84. The van der Waals surface area contributed by atoms with Gasteiger partial charge in [0.05, 0.1) is 5.39 Å². The third-order valence-electron chi connectivity index (χ3n) is 4.16. The van der Waals surface area contributed by atoms with Crippen molar-refractivity contribution in [2.75, 3.05) is 18.5 Å². The zero-order valence-corrected chi connectivity index (χ0v) is 13.6. The van der Waals surface area contributed by atoms with Gasteiger partial charge in [-0.15, -0.1) is 11.3 Å². The number of rotatable bonds is 5. The van der Waals surface area contributed by atoms with Gasteiger partial charge in [0.1, 0.15) is 16.2 Å². The van der Waals surface area contributed by atoms with Crippen molar-refractivity contribution in [3.63, 3.8) is 0 Å². The van der Waals surface area contributed by atoms with Crippen LogP contribution in [0.2, 0.25) is 0 Å². The highest BCUT2D eigenvalue weighted by Crippen LogP contribution is 2.40. The number of aromatic nitrogens is 2. The maximum atomic E-state index is 6.17. The van der Waals surface area contributed by atoms with Gasteiger partial charge in [0, 0.05) is 13.2 Å². The number of thiophene rings is 1. The molecule has 0 spiro atoms. The van der Waals surface area contributed by atoms with E-state index in [9.17, 15) is 0 Å². The van der Waals surface area contributed by atoms with Crippen LogP contribution in [0, 0.1) is 0 Å². The molecule has 0 aromatic carbocycles. The Bertz CT molecular complexity index is 599. The van der Waals surface area contributed by atoms with Crippen LogP contribution in [0.5, 0.6) is 0 Å². The summed E-state index contributed by atoms with van der Waals surface area (Å²) < 4.78 is 6.17. The molecule has 2 aromatic rings. The number of hydrogen-bond donors (Lipinski definition) is 1. The molecule has 2 heterocycles. The average molecular weight is 305 g/mol. The Morgan fingerprint density at radius 2 is 2.05 bits per heavy atom. The highest BCUT2D eigenvalue weighted by Gasteiger charge is 2.38. The molecule has 0 unspecified atom stereocenters. The molecule has 5 heteroatoms. The maximum absolute atomic E-state index is 6.17. The lowest BCUT2D eigenvalue weighted by Crippen LogP contribution is -2.34. The van der Waals surface area contributed by atoms with Crippen molar-refractivity contribution in [1.29, 1.82) is 0 Å². The molecule has 1 aliphatic rings. The van der Waals surface area contributed by atoms with Crippen molar-refractivity contribution in [2.24, 2.45) is 0 Å². The van der Waals surface area contributed by atoms with Gasteiger partial charge in [0.2, 0.25) is 0 Å². The van der Waals surface area contributed by atoms with Crippen molar-refractivity contribution in [3.8, 4) is 0 Å². The first kappa shape index (κ1) is 14.7. The monoisotopic (exact) mass is 305 g/mol. The summed E-state index contributed by atoms with van der Waals surface area (Å²) in [6, 6.07) is 2.09. The minimum absolute atomic E-state index is 0.282. The summed E-state index contributed by atoms with van der Waals surface area (Å²) in [4.78, 5) is 10.7. The van der Waals surface area contributed by atoms with E-state index < -0.39 is 0 Å². The quantitative estimate of drug-likeness (QED) is 0.893. The van der Waals surface area contributed by atoms with Crippen molar-refractivity contribution < 1.29 is 4.74 Å². The molecule has 4 nitrogen and oxygen atoms in total. The molecular formula is C16H23N3OS. The SMILES string of the molecule is CCNc1nc(C2(OCC)CCCCC2)nc2sccc12. The Labute approximate surface area is 129 Å². The topological polar surface area (TPSA) is 47.0 Å². The van der Waals surface area contributed by atoms with Gasteiger partial charge in [-0.2, -0.15) is 0 Å². The van der Waals surface area contributed by atoms with Crippen LogP contribution in [0.15, 0.2) is 11.4 Å². The minimum Gasteiger partial charge on any atom is -0.370 e. The fourth-order valence-electron chi connectivity index (χ4n) is 3.19. The van der Waals surface area contributed by atoms with E-state index >= 15 is 0 Å². The van der Waals surface area contributed by atoms with Gasteiger partial charge in [0.25, 0.3) is 0 Å². The van der Waals surface area contributed by atoms with Gasteiger partial charge in [-0.25, -0.2) is 9.97 Å². The lowest BCUT2D eigenvalue weighted by Gasteiger charge is -2.35. The Morgan fingerprint density at radius 3 is 2.76 bits per heavy atom. The predicted molar refractivity (Wildman–Crippen MR) is 88.0 cm³/mol. The molecular weight excluding hydrogens is 282 g/mol. The van der Waals surface area contributed by atoms with E-state index in [0.717, 1.165) is 41.2 Å². The smallest absolute Gasteiger partial charge is 0.164 e. The molecule has 0 radical (unpaired) electrons. The molecule has 3 rings (SSSR count). The van der Waals surface area contributed by atoms with E-state index in [-0.39, 0.29) is 5.60 Å². The molecule has 1 saturated carbocycles. The van der Waals surface area contributed by atoms with Crippen LogP contribution >= 0.6 is 11.3 Å². The van der Waals surface area contributed by atoms with E-state index in [1.165, 1.54) is 19.3 Å². The number of anilines is 1. The summed E-state index contributed by atoms with van der Waals surface area (Å²) in [6.45, 7) is 5.73. The Hall–Kier alpha value is -1.20. The number of hydrogen-bond acceptors (Lipinski definition) is 5. The maximum Gasteiger partial charge on any atom is 0.164 e. The van der Waals surface area contributed by atoms with Crippen LogP contribution < -0.4 is 5.32 Å². The third kappa shape index (κ3) is 2.77. The molecule has 0 amide bonds. The molecule has 0 atom stereocenters. The first-order valence-corrected chi connectivity index (χ1v) is 8.80. The van der Waals surface area contributed by atoms with E-state index in [1.807, 2.05) is 0 Å². The highest BCUT2D eigenvalue weighted by atomic mass is 32.1. The number of nitrogens with zero attached hydrogens (tertiary/aromatic N) is 2. The zero-order valence-electron chi connectivity index (χ0n) is 12.8. The molecule has 114 valence electrons. The molecule has 0 bridgehead atoms. The van der Waals surface area contributed by atoms with E-state index in [0.29, 0.717) is 6.61 Å². The summed E-state index contributed by atoms with van der Waals surface area (Å²) in [5, 5.41) is 6.58. The fourth-order valence-corrected chi connectivity index (χ4v) is 3.96. The second-order valence-corrected chi connectivity index (χ2v) is 6.45. The van der Waals surface area contributed by atoms with Gasteiger partial charge >= 0.3 is 0 Å². The Balaban J connectivity index is 2.08. The molecule has 1 aliphatic carbocycles. The van der Waals surface area contributed by atoms with Gasteiger partial charge < -0.3 is 10.1 Å². The number of ether oxygens (including phenoxy) is 1. The van der Waals surface area contributed by atoms with Crippen molar-refractivity contribution >= 4 is 27.4 Å². The van der Waals surface area contributed by atoms with E-state index in [1.54, 1.807) is 11.3 Å². The predicted octanol–water partition coefficient (Wildman–Crippen LogP) is 4.32. The summed E-state index contributed by atoms with van der Waals surface area (Å²) >= 11 is 1.68. The summed E-state index contributed by atoms with van der Waals surface area (Å²) in [6.07, 6.45) is 5.74. The Kier molecular flexibility index (Phi) is 4.40. The van der Waals surface area contributed by atoms with Gasteiger partial charge in [0.15, 0.2) is 5.82 Å². The largest absolute Gasteiger partial charge is 0.370 e. The van der Waals surface area contributed by atoms with Crippen LogP contribution in [0.3, 0.4) is 0 Å². The minimum atomic E-state index is -0.282. The van der Waals surface area contributed by atoms with E-state index in [4.69, 9.17) is 14.7 Å². The van der Waals surface area contributed by atoms with Crippen LogP contribution in [0.1, 0.15) is 51.8 Å². The summed E-state index contributed by atoms with van der Waals surface area (Å²) in [5.74, 6) is 1.82. The standard InChI is InChI=1S/C16H23N3OS/c1-3-17-13-12-8-11-21-14(12)19-15(18-13)16(20-4-2)9-6-5-7-10-16/h8,11H,3-7,9-10H2,1-2H3,(H,17,18,19). The average Bonchev–Trinajstić information content (AvgIpc) is 2.97. The van der Waals surface area contributed by atoms with Crippen LogP contribution in [-0.2, 0) is 10.3 Å². The molecule has 2 aromatic heterocycles. The zero-order chi connectivity index (χ0) is 14.7. The van der Waals surface area contributed by atoms with Crippen molar-refractivity contribution in [2.45, 2.75) is 51.6 Å². The summed E-state index contributed by atoms with van der Waals surface area (Å²) in [5.41, 5.74) is -0.282. The number of fused-ring (bicyclic) bond motifs is 1.